The van der Waals surface area contributed by atoms with E-state index < -0.39 is 21.6 Å². The van der Waals surface area contributed by atoms with Gasteiger partial charge in [-0.1, -0.05) is 36.8 Å². The third-order valence-electron chi connectivity index (χ3n) is 6.12. The number of rotatable bonds is 11. The van der Waals surface area contributed by atoms with E-state index in [1.54, 1.807) is 23.1 Å². The highest BCUT2D eigenvalue weighted by atomic mass is 32.2. The first-order chi connectivity index (χ1) is 17.8. The van der Waals surface area contributed by atoms with Crippen LogP contribution in [0.3, 0.4) is 0 Å². The number of nitrogens with one attached hydrogen (secondary N) is 1. The molecule has 2 amide bonds. The number of ether oxygens (including phenoxy) is 2. The van der Waals surface area contributed by atoms with Gasteiger partial charge in [0.2, 0.25) is 28.6 Å². The maximum absolute atomic E-state index is 13.6. The molecule has 0 aliphatic carbocycles. The van der Waals surface area contributed by atoms with Gasteiger partial charge in [-0.05, 0) is 58.2 Å². The number of anilines is 1. The zero-order valence-corrected chi connectivity index (χ0v) is 23.9. The Kier molecular flexibility index (Phi) is 9.30. The number of hydrogen-bond acceptors (Lipinski definition) is 6. The third kappa shape index (κ3) is 7.86. The van der Waals surface area contributed by atoms with E-state index >= 15 is 0 Å². The second-order valence-electron chi connectivity index (χ2n) is 10.7. The predicted molar refractivity (Wildman–Crippen MR) is 148 cm³/mol. The van der Waals surface area contributed by atoms with Crippen LogP contribution in [-0.4, -0.2) is 56.3 Å². The minimum Gasteiger partial charge on any atom is -0.454 e. The SMILES string of the molecule is CCC(C(=O)NC(C)(C)C)N(Cc1cccc(C)c1)C(=O)CCCN(c1ccc2c(c1)OCO2)S(C)(=O)=O. The smallest absolute Gasteiger partial charge is 0.243 e. The van der Waals surface area contributed by atoms with Crippen molar-refractivity contribution < 1.29 is 27.5 Å². The van der Waals surface area contributed by atoms with Crippen LogP contribution in [0.15, 0.2) is 42.5 Å². The molecule has 3 rings (SSSR count). The summed E-state index contributed by atoms with van der Waals surface area (Å²) >= 11 is 0. The Hall–Kier alpha value is -3.27. The molecule has 0 bridgehead atoms. The summed E-state index contributed by atoms with van der Waals surface area (Å²) in [5, 5.41) is 3.00. The molecule has 2 aromatic rings. The lowest BCUT2D eigenvalue weighted by atomic mass is 10.0. The molecule has 1 unspecified atom stereocenters. The highest BCUT2D eigenvalue weighted by molar-refractivity contribution is 7.92. The van der Waals surface area contributed by atoms with Crippen molar-refractivity contribution in [2.45, 2.75) is 72.0 Å². The molecule has 9 nitrogen and oxygen atoms in total. The predicted octanol–water partition coefficient (Wildman–Crippen LogP) is 3.99. The number of hydrogen-bond donors (Lipinski definition) is 1. The number of aryl methyl sites for hydroxylation is 1. The van der Waals surface area contributed by atoms with Crippen molar-refractivity contribution in [1.82, 2.24) is 10.2 Å². The summed E-state index contributed by atoms with van der Waals surface area (Å²) in [5.74, 6) is 0.621. The molecule has 0 fully saturated rings. The largest absolute Gasteiger partial charge is 0.454 e. The highest BCUT2D eigenvalue weighted by Gasteiger charge is 2.31. The first-order valence-electron chi connectivity index (χ1n) is 12.8. The summed E-state index contributed by atoms with van der Waals surface area (Å²) in [7, 11) is -3.61. The molecular formula is C28H39N3O6S. The summed E-state index contributed by atoms with van der Waals surface area (Å²) in [4.78, 5) is 28.3. The van der Waals surface area contributed by atoms with Gasteiger partial charge in [-0.2, -0.15) is 0 Å². The fraction of sp³-hybridized carbons (Fsp3) is 0.500. The summed E-state index contributed by atoms with van der Waals surface area (Å²) in [5.41, 5.74) is 1.99. The van der Waals surface area contributed by atoms with Gasteiger partial charge in [0, 0.05) is 31.1 Å². The molecule has 208 valence electrons. The molecule has 0 saturated heterocycles. The lowest BCUT2D eigenvalue weighted by Gasteiger charge is -2.33. The molecule has 10 heteroatoms. The second-order valence-corrected chi connectivity index (χ2v) is 12.6. The van der Waals surface area contributed by atoms with Gasteiger partial charge >= 0.3 is 0 Å². The van der Waals surface area contributed by atoms with Crippen LogP contribution in [0.1, 0.15) is 58.1 Å². The molecule has 1 heterocycles. The standard InChI is InChI=1S/C28H39N3O6S/c1-7-23(27(33)29-28(3,4)5)30(18-21-11-8-10-20(2)16-21)26(32)12-9-15-31(38(6,34)35)22-13-14-24-25(17-22)37-19-36-24/h8,10-11,13-14,16-17,23H,7,9,12,15,18-19H2,1-6H3,(H,29,33). The van der Waals surface area contributed by atoms with Crippen molar-refractivity contribution >= 4 is 27.5 Å². The van der Waals surface area contributed by atoms with Crippen LogP contribution in [0.5, 0.6) is 11.5 Å². The normalized spacial score (nSPS) is 13.6. The summed E-state index contributed by atoms with van der Waals surface area (Å²) < 4.78 is 37.2. The van der Waals surface area contributed by atoms with E-state index in [4.69, 9.17) is 9.47 Å². The van der Waals surface area contributed by atoms with Crippen LogP contribution in [0.25, 0.3) is 0 Å². The Bertz CT molecular complexity index is 1260. The van der Waals surface area contributed by atoms with Crippen LogP contribution in [0.4, 0.5) is 5.69 Å². The van der Waals surface area contributed by atoms with Crippen molar-refractivity contribution in [3.05, 3.63) is 53.6 Å². The Balaban J connectivity index is 1.78. The van der Waals surface area contributed by atoms with E-state index in [0.717, 1.165) is 17.4 Å². The van der Waals surface area contributed by atoms with Gasteiger partial charge in [-0.25, -0.2) is 8.42 Å². The summed E-state index contributed by atoms with van der Waals surface area (Å²) in [6.45, 7) is 10.1. The molecule has 0 saturated carbocycles. The summed E-state index contributed by atoms with van der Waals surface area (Å²) in [6.07, 6.45) is 1.95. The maximum atomic E-state index is 13.6. The van der Waals surface area contributed by atoms with E-state index in [-0.39, 0.29) is 44.5 Å². The molecule has 1 aliphatic rings. The van der Waals surface area contributed by atoms with Gasteiger partial charge in [0.1, 0.15) is 6.04 Å². The van der Waals surface area contributed by atoms with Crippen LogP contribution < -0.4 is 19.1 Å². The molecule has 1 N–H and O–H groups in total. The average Bonchev–Trinajstić information content (AvgIpc) is 3.27. The first kappa shape index (κ1) is 29.3. The molecule has 0 spiro atoms. The Morgan fingerprint density at radius 2 is 1.79 bits per heavy atom. The zero-order valence-electron chi connectivity index (χ0n) is 23.1. The number of sulfonamides is 1. The van der Waals surface area contributed by atoms with Crippen molar-refractivity contribution in [3.8, 4) is 11.5 Å². The first-order valence-corrected chi connectivity index (χ1v) is 14.7. The number of carbonyl (C=O) groups excluding carboxylic acids is 2. The minimum absolute atomic E-state index is 0.0850. The third-order valence-corrected chi connectivity index (χ3v) is 7.31. The van der Waals surface area contributed by atoms with Gasteiger partial charge < -0.3 is 19.7 Å². The van der Waals surface area contributed by atoms with Crippen molar-refractivity contribution in [2.24, 2.45) is 0 Å². The minimum atomic E-state index is -3.61. The van der Waals surface area contributed by atoms with E-state index in [2.05, 4.69) is 5.32 Å². The fourth-order valence-electron chi connectivity index (χ4n) is 4.42. The molecule has 38 heavy (non-hydrogen) atoms. The van der Waals surface area contributed by atoms with Gasteiger partial charge in [-0.3, -0.25) is 13.9 Å². The number of fused-ring (bicyclic) bond motifs is 1. The van der Waals surface area contributed by atoms with Crippen LogP contribution in [0.2, 0.25) is 0 Å². The lowest BCUT2D eigenvalue weighted by Crippen LogP contribution is -2.53. The van der Waals surface area contributed by atoms with Crippen molar-refractivity contribution in [1.29, 1.82) is 0 Å². The number of amides is 2. The molecular weight excluding hydrogens is 506 g/mol. The fourth-order valence-corrected chi connectivity index (χ4v) is 5.38. The van der Waals surface area contributed by atoms with Crippen LogP contribution in [-0.2, 0) is 26.2 Å². The lowest BCUT2D eigenvalue weighted by molar-refractivity contribution is -0.142. The monoisotopic (exact) mass is 545 g/mol. The number of carbonyl (C=O) groups is 2. The quantitative estimate of drug-likeness (QED) is 0.458. The second kappa shape index (κ2) is 12.1. The Morgan fingerprint density at radius 3 is 2.42 bits per heavy atom. The summed E-state index contributed by atoms with van der Waals surface area (Å²) in [6, 6.07) is 12.1. The Labute approximate surface area is 226 Å². The van der Waals surface area contributed by atoms with Crippen LogP contribution >= 0.6 is 0 Å². The van der Waals surface area contributed by atoms with E-state index in [1.807, 2.05) is 58.9 Å². The molecule has 1 aliphatic heterocycles. The van der Waals surface area contributed by atoms with Crippen LogP contribution in [0, 0.1) is 6.92 Å². The van der Waals surface area contributed by atoms with Crippen molar-refractivity contribution in [2.75, 3.05) is 23.9 Å². The van der Waals surface area contributed by atoms with Gasteiger partial charge in [0.05, 0.1) is 11.9 Å². The van der Waals surface area contributed by atoms with Crippen molar-refractivity contribution in [3.63, 3.8) is 0 Å². The van der Waals surface area contributed by atoms with E-state index in [9.17, 15) is 18.0 Å². The number of benzene rings is 2. The highest BCUT2D eigenvalue weighted by Crippen LogP contribution is 2.36. The molecule has 1 atom stereocenters. The molecule has 0 aromatic heterocycles. The topological polar surface area (TPSA) is 105 Å². The van der Waals surface area contributed by atoms with Gasteiger partial charge in [0.15, 0.2) is 11.5 Å². The van der Waals surface area contributed by atoms with E-state index in [1.165, 1.54) is 4.31 Å². The molecule has 2 aromatic carbocycles. The number of nitrogens with zero attached hydrogens (tertiary/aromatic N) is 2. The molecule has 0 radical (unpaired) electrons. The average molecular weight is 546 g/mol. The van der Waals surface area contributed by atoms with E-state index in [0.29, 0.717) is 23.6 Å². The maximum Gasteiger partial charge on any atom is 0.243 e. The zero-order chi connectivity index (χ0) is 28.1. The van der Waals surface area contributed by atoms with Gasteiger partial charge in [0.25, 0.3) is 0 Å². The Morgan fingerprint density at radius 1 is 1.08 bits per heavy atom. The van der Waals surface area contributed by atoms with Gasteiger partial charge in [-0.15, -0.1) is 0 Å².